The number of nitrogens with one attached hydrogen (secondary N) is 2. The van der Waals surface area contributed by atoms with Gasteiger partial charge in [0.2, 0.25) is 11.8 Å². The Hall–Kier alpha value is -4.70. The molecule has 1 aromatic carbocycles. The zero-order valence-corrected chi connectivity index (χ0v) is 33.5. The number of aliphatic hydroxyl groups is 1. The molecule has 306 valence electrons. The molecule has 0 aliphatic carbocycles. The molecule has 0 bridgehead atoms. The number of carbonyl (C=O) groups is 6. The lowest BCUT2D eigenvalue weighted by atomic mass is 9.82. The fraction of sp³-hybridized carbons (Fsp3) is 0.619. The van der Waals surface area contributed by atoms with Gasteiger partial charge in [-0.2, -0.15) is 0 Å². The summed E-state index contributed by atoms with van der Waals surface area (Å²) in [5, 5.41) is 26.5. The highest BCUT2D eigenvalue weighted by molar-refractivity contribution is 5.96. The summed E-state index contributed by atoms with van der Waals surface area (Å²) in [6, 6.07) is 5.32. The van der Waals surface area contributed by atoms with Crippen LogP contribution >= 0.6 is 0 Å². The number of methoxy groups -OCH3 is 1. The van der Waals surface area contributed by atoms with Crippen LogP contribution in [0.2, 0.25) is 0 Å². The van der Waals surface area contributed by atoms with Crippen LogP contribution in [0.1, 0.15) is 124 Å². The number of carboxylic acids is 1. The lowest BCUT2D eigenvalue weighted by Gasteiger charge is -2.34. The van der Waals surface area contributed by atoms with E-state index in [4.69, 9.17) is 9.47 Å². The van der Waals surface area contributed by atoms with Gasteiger partial charge in [-0.3, -0.25) is 24.0 Å². The van der Waals surface area contributed by atoms with Crippen molar-refractivity contribution >= 4 is 35.5 Å². The zero-order chi connectivity index (χ0) is 41.3. The number of amides is 2. The van der Waals surface area contributed by atoms with Gasteiger partial charge in [0.1, 0.15) is 36.3 Å². The van der Waals surface area contributed by atoms with E-state index < -0.39 is 65.8 Å². The topological polar surface area (TPSA) is 195 Å². The molecule has 0 spiro atoms. The van der Waals surface area contributed by atoms with Crippen LogP contribution in [0.25, 0.3) is 0 Å². The standard InChI is InChI=1S/C42H62N2O11/c1-7-9-11-14-17-20-32(45)21-18-15-12-13-16-19-22-34(42(52,29-36(46)47)40(51)55-41(3,4)5)38(49)44-35(39(50)43-30-37(48)53-6)28-31-23-25-33(26-24-31)54-27-10-8-2/h19,22-26,34-35,52H,7,9,11-18,20-21,27-30H2,1-6H3,(H,43,50)(H,44,49)(H,46,47)/b22-19+/t34-,35+,42+/m1/s1. The number of carboxylic acid groups (broad SMARTS) is 1. The summed E-state index contributed by atoms with van der Waals surface area (Å²) in [6.07, 6.45) is 11.7. The van der Waals surface area contributed by atoms with Crippen LogP contribution in [0.4, 0.5) is 0 Å². The highest BCUT2D eigenvalue weighted by Crippen LogP contribution is 2.29. The maximum absolute atomic E-state index is 14.1. The summed E-state index contributed by atoms with van der Waals surface area (Å²) in [7, 11) is 1.15. The fourth-order valence-electron chi connectivity index (χ4n) is 5.56. The van der Waals surface area contributed by atoms with Crippen LogP contribution in [0.15, 0.2) is 36.4 Å². The Bertz CT molecular complexity index is 1470. The average Bonchev–Trinajstić information content (AvgIpc) is 3.12. The highest BCUT2D eigenvalue weighted by atomic mass is 16.6. The van der Waals surface area contributed by atoms with Crippen molar-refractivity contribution in [2.45, 2.75) is 142 Å². The molecule has 55 heavy (non-hydrogen) atoms. The molecule has 0 radical (unpaired) electrons. The third kappa shape index (κ3) is 20.5. The first-order valence-electron chi connectivity index (χ1n) is 19.2. The third-order valence-corrected chi connectivity index (χ3v) is 8.55. The Labute approximate surface area is 326 Å². The minimum Gasteiger partial charge on any atom is -0.481 e. The first kappa shape index (κ1) is 48.3. The molecule has 13 heteroatoms. The second-order valence-corrected chi connectivity index (χ2v) is 14.5. The van der Waals surface area contributed by atoms with E-state index in [0.29, 0.717) is 37.0 Å². The van der Waals surface area contributed by atoms with E-state index in [9.17, 15) is 39.0 Å². The molecule has 0 aliphatic rings. The van der Waals surface area contributed by atoms with Crippen LogP contribution in [-0.2, 0) is 44.7 Å². The summed E-state index contributed by atoms with van der Waals surface area (Å²) < 4.78 is 15.6. The molecular weight excluding hydrogens is 708 g/mol. The first-order valence-corrected chi connectivity index (χ1v) is 19.2. The Kier molecular flexibility index (Phi) is 23.0. The number of allylic oxidation sites excluding steroid dienone is 1. The number of ketones is 1. The van der Waals surface area contributed by atoms with Gasteiger partial charge in [0.15, 0.2) is 5.60 Å². The molecular formula is C42H62N2O11. The number of esters is 2. The number of benzene rings is 1. The third-order valence-electron chi connectivity index (χ3n) is 8.55. The number of Topliss-reactive ketones (excluding diaryl/α,β-unsaturated/α-hetero) is 1. The van der Waals surface area contributed by atoms with E-state index in [1.165, 1.54) is 33.3 Å². The molecule has 1 rings (SSSR count). The lowest BCUT2D eigenvalue weighted by Crippen LogP contribution is -2.58. The molecule has 2 amide bonds. The highest BCUT2D eigenvalue weighted by Gasteiger charge is 2.51. The molecule has 0 aromatic heterocycles. The van der Waals surface area contributed by atoms with Gasteiger partial charge >= 0.3 is 17.9 Å². The van der Waals surface area contributed by atoms with Gasteiger partial charge in [0.05, 0.1) is 19.4 Å². The van der Waals surface area contributed by atoms with Crippen molar-refractivity contribution in [1.82, 2.24) is 10.6 Å². The number of carbonyl (C=O) groups excluding carboxylic acids is 5. The Balaban J connectivity index is 3.25. The summed E-state index contributed by atoms with van der Waals surface area (Å²) in [5.74, 6) is -0.891. The monoisotopic (exact) mass is 770 g/mol. The number of aliphatic carboxylic acids is 1. The van der Waals surface area contributed by atoms with Gasteiger partial charge in [0.25, 0.3) is 0 Å². The molecule has 0 saturated heterocycles. The minimum atomic E-state index is -2.86. The normalized spacial score (nSPS) is 13.4. The molecule has 1 aromatic rings. The first-order chi connectivity index (χ1) is 26.1. The van der Waals surface area contributed by atoms with E-state index >= 15 is 0 Å². The van der Waals surface area contributed by atoms with E-state index in [0.717, 1.165) is 52.1 Å². The average molecular weight is 771 g/mol. The van der Waals surface area contributed by atoms with E-state index in [1.807, 2.05) is 0 Å². The van der Waals surface area contributed by atoms with Gasteiger partial charge in [0, 0.05) is 19.3 Å². The van der Waals surface area contributed by atoms with Crippen molar-refractivity contribution in [3.8, 4) is 17.6 Å². The minimum absolute atomic E-state index is 0.0879. The number of rotatable bonds is 27. The molecule has 0 heterocycles. The predicted molar refractivity (Wildman–Crippen MR) is 208 cm³/mol. The summed E-state index contributed by atoms with van der Waals surface area (Å²) in [4.78, 5) is 77.0. The maximum Gasteiger partial charge on any atom is 0.340 e. The van der Waals surface area contributed by atoms with Gasteiger partial charge in [-0.25, -0.2) is 4.79 Å². The molecule has 0 unspecified atom stereocenters. The van der Waals surface area contributed by atoms with Crippen molar-refractivity contribution in [3.63, 3.8) is 0 Å². The van der Waals surface area contributed by atoms with Crippen LogP contribution in [0.3, 0.4) is 0 Å². The van der Waals surface area contributed by atoms with Crippen LogP contribution < -0.4 is 15.4 Å². The molecule has 0 fully saturated rings. The molecule has 13 nitrogen and oxygen atoms in total. The molecule has 0 saturated carbocycles. The Morgan fingerprint density at radius 2 is 1.51 bits per heavy atom. The van der Waals surface area contributed by atoms with Crippen LogP contribution in [0, 0.1) is 17.8 Å². The van der Waals surface area contributed by atoms with Crippen LogP contribution in [-0.4, -0.2) is 83.2 Å². The number of hydrogen-bond donors (Lipinski definition) is 4. The van der Waals surface area contributed by atoms with Crippen LogP contribution in [0.5, 0.6) is 5.75 Å². The molecule has 0 aliphatic heterocycles. The van der Waals surface area contributed by atoms with E-state index in [-0.39, 0.29) is 18.8 Å². The maximum atomic E-state index is 14.1. The van der Waals surface area contributed by atoms with Crippen molar-refractivity contribution in [1.29, 1.82) is 0 Å². The quantitative estimate of drug-likeness (QED) is 0.0388. The lowest BCUT2D eigenvalue weighted by molar-refractivity contribution is -0.187. The largest absolute Gasteiger partial charge is 0.481 e. The van der Waals surface area contributed by atoms with E-state index in [1.54, 1.807) is 37.3 Å². The van der Waals surface area contributed by atoms with Crippen molar-refractivity contribution in [3.05, 3.63) is 42.0 Å². The van der Waals surface area contributed by atoms with E-state index in [2.05, 4.69) is 34.1 Å². The van der Waals surface area contributed by atoms with Gasteiger partial charge < -0.3 is 35.1 Å². The Morgan fingerprint density at radius 1 is 0.891 bits per heavy atom. The SMILES string of the molecule is CC#CCOc1ccc(C[C@H](NC(=O)[C@@H](/C=C/CCCCCCC(=O)CCCCCCC)[C@@](O)(CC(=O)O)C(=O)OC(C)(C)C)C(=O)NCC(=O)OC)cc1. The number of unbranched alkanes of at least 4 members (excludes halogenated alkanes) is 8. The summed E-state index contributed by atoms with van der Waals surface area (Å²) >= 11 is 0. The van der Waals surface area contributed by atoms with Crippen molar-refractivity contribution < 1.29 is 53.2 Å². The second kappa shape index (κ2) is 26.2. The van der Waals surface area contributed by atoms with Gasteiger partial charge in [-0.1, -0.05) is 75.7 Å². The Morgan fingerprint density at radius 3 is 2.07 bits per heavy atom. The molecule has 4 N–H and O–H groups in total. The van der Waals surface area contributed by atoms with Crippen molar-refractivity contribution in [2.24, 2.45) is 5.92 Å². The number of ether oxygens (including phenoxy) is 3. The van der Waals surface area contributed by atoms with Crippen molar-refractivity contribution in [2.75, 3.05) is 20.3 Å². The summed E-state index contributed by atoms with van der Waals surface area (Å²) in [6.45, 7) is 8.13. The second-order valence-electron chi connectivity index (χ2n) is 14.5. The molecule has 3 atom stereocenters. The van der Waals surface area contributed by atoms with Gasteiger partial charge in [-0.15, -0.1) is 5.92 Å². The fourth-order valence-corrected chi connectivity index (χ4v) is 5.56. The zero-order valence-electron chi connectivity index (χ0n) is 33.5. The van der Waals surface area contributed by atoms with Gasteiger partial charge in [-0.05, 0) is 71.1 Å². The number of hydrogen-bond acceptors (Lipinski definition) is 10. The summed E-state index contributed by atoms with van der Waals surface area (Å²) in [5.41, 5.74) is -3.41. The smallest absolute Gasteiger partial charge is 0.340 e. The predicted octanol–water partition coefficient (Wildman–Crippen LogP) is 5.40.